The minimum atomic E-state index is -2.38. The number of carbonyl (C=O) groups is 3. The maximum absolute atomic E-state index is 14.6. The normalized spacial score (nSPS) is 12.7. The van der Waals surface area contributed by atoms with Crippen molar-refractivity contribution in [2.24, 2.45) is 11.3 Å². The first-order valence-electron chi connectivity index (χ1n) is 26.8. The third-order valence-corrected chi connectivity index (χ3v) is 13.8. The predicted molar refractivity (Wildman–Crippen MR) is 257 cm³/mol. The van der Waals surface area contributed by atoms with Crippen LogP contribution >= 0.6 is 0 Å². The van der Waals surface area contributed by atoms with Gasteiger partial charge in [0.05, 0.1) is 18.6 Å². The molecule has 0 amide bonds. The molecule has 0 aliphatic heterocycles. The summed E-state index contributed by atoms with van der Waals surface area (Å²) in [6.07, 6.45) is 47.5. The Morgan fingerprint density at radius 2 is 0.583 bits per heavy atom. The number of ketones is 3. The summed E-state index contributed by atoms with van der Waals surface area (Å²) in [7, 11) is 0. The Kier molecular flexibility index (Phi) is 41.1. The maximum Gasteiger partial charge on any atom is 0.173 e. The van der Waals surface area contributed by atoms with Crippen LogP contribution in [-0.2, 0) is 14.4 Å². The van der Waals surface area contributed by atoms with Crippen LogP contribution in [0.25, 0.3) is 0 Å². The summed E-state index contributed by atoms with van der Waals surface area (Å²) in [5.41, 5.74) is -3.92. The molecule has 60 heavy (non-hydrogen) atoms. The Morgan fingerprint density at radius 1 is 0.367 bits per heavy atom. The maximum atomic E-state index is 14.6. The fourth-order valence-electron chi connectivity index (χ4n) is 9.44. The average molecular weight is 849 g/mol. The highest BCUT2D eigenvalue weighted by Crippen LogP contribution is 2.42. The van der Waals surface area contributed by atoms with Gasteiger partial charge in [0, 0.05) is 18.8 Å². The molecule has 0 heterocycles. The number of rotatable bonds is 49. The third kappa shape index (κ3) is 28.6. The standard InChI is InChI=1S/C54H104O6/c1-5-8-11-14-17-20-23-26-29-32-35-38-41-44-50(57)54(49(4)52(59)53(60,47-55)48-56,46-43-40-37-34-31-28-25-22-19-16-13-10-7-3)51(58)45-42-39-36-33-30-27-24-21-18-15-12-9-6-2/h49,55-56,60H,5-48H2,1-4H3. The van der Waals surface area contributed by atoms with E-state index in [0.717, 1.165) is 57.8 Å². The van der Waals surface area contributed by atoms with Gasteiger partial charge in [0.15, 0.2) is 11.4 Å². The van der Waals surface area contributed by atoms with Gasteiger partial charge in [-0.3, -0.25) is 14.4 Å². The van der Waals surface area contributed by atoms with Crippen LogP contribution in [0.15, 0.2) is 0 Å². The van der Waals surface area contributed by atoms with Crippen molar-refractivity contribution in [3.63, 3.8) is 0 Å². The number of unbranched alkanes of at least 4 members (excludes halogenated alkanes) is 36. The van der Waals surface area contributed by atoms with Crippen molar-refractivity contribution < 1.29 is 29.7 Å². The van der Waals surface area contributed by atoms with E-state index in [2.05, 4.69) is 20.8 Å². The molecule has 0 aliphatic carbocycles. The number of hydrogen-bond donors (Lipinski definition) is 3. The molecular formula is C54H104O6. The van der Waals surface area contributed by atoms with Gasteiger partial charge in [-0.15, -0.1) is 0 Å². The first-order chi connectivity index (χ1) is 29.2. The van der Waals surface area contributed by atoms with E-state index in [9.17, 15) is 29.7 Å². The summed E-state index contributed by atoms with van der Waals surface area (Å²) in [5.74, 6) is -2.27. The van der Waals surface area contributed by atoms with Gasteiger partial charge in [0.2, 0.25) is 0 Å². The summed E-state index contributed by atoms with van der Waals surface area (Å²) in [5, 5.41) is 31.0. The first kappa shape index (κ1) is 58.9. The second-order valence-electron chi connectivity index (χ2n) is 19.2. The molecule has 0 radical (unpaired) electrons. The van der Waals surface area contributed by atoms with Gasteiger partial charge in [0.1, 0.15) is 11.6 Å². The lowest BCUT2D eigenvalue weighted by atomic mass is 9.61. The van der Waals surface area contributed by atoms with Gasteiger partial charge in [-0.05, 0) is 19.3 Å². The highest BCUT2D eigenvalue weighted by atomic mass is 16.4. The number of Topliss-reactive ketones (excluding diaryl/α,β-unsaturated/α-hetero) is 3. The van der Waals surface area contributed by atoms with Crippen LogP contribution in [-0.4, -0.2) is 51.5 Å². The van der Waals surface area contributed by atoms with E-state index in [1.165, 1.54) is 173 Å². The molecule has 1 atom stereocenters. The van der Waals surface area contributed by atoms with Crippen molar-refractivity contribution in [1.29, 1.82) is 0 Å². The molecular weight excluding hydrogens is 745 g/mol. The molecule has 356 valence electrons. The zero-order chi connectivity index (χ0) is 44.4. The molecule has 6 heteroatoms. The summed E-state index contributed by atoms with van der Waals surface area (Å²) in [6.45, 7) is 6.49. The average Bonchev–Trinajstić information content (AvgIpc) is 3.26. The lowest BCUT2D eigenvalue weighted by molar-refractivity contribution is -0.162. The van der Waals surface area contributed by atoms with Crippen LogP contribution < -0.4 is 0 Å². The zero-order valence-corrected chi connectivity index (χ0v) is 40.8. The van der Waals surface area contributed by atoms with Crippen molar-refractivity contribution in [3.8, 4) is 0 Å². The summed E-state index contributed by atoms with van der Waals surface area (Å²) < 4.78 is 0. The SMILES string of the molecule is CCCCCCCCCCCCCCCC(=O)C(CCCCCCCCCCCCCCC)(C(=O)CCCCCCCCCCCCCCC)C(C)C(=O)C(O)(CO)CO. The van der Waals surface area contributed by atoms with Crippen molar-refractivity contribution in [1.82, 2.24) is 0 Å². The molecule has 0 aromatic heterocycles. The van der Waals surface area contributed by atoms with E-state index >= 15 is 0 Å². The van der Waals surface area contributed by atoms with Crippen LogP contribution in [0.3, 0.4) is 0 Å². The van der Waals surface area contributed by atoms with Gasteiger partial charge in [-0.25, -0.2) is 0 Å². The Hall–Kier alpha value is -1.11. The smallest absolute Gasteiger partial charge is 0.173 e. The summed E-state index contributed by atoms with van der Waals surface area (Å²) in [6, 6.07) is 0. The highest BCUT2D eigenvalue weighted by Gasteiger charge is 2.54. The monoisotopic (exact) mass is 849 g/mol. The lowest BCUT2D eigenvalue weighted by Crippen LogP contribution is -2.56. The van der Waals surface area contributed by atoms with Gasteiger partial charge in [-0.2, -0.15) is 0 Å². The Bertz CT molecular complexity index is 931. The van der Waals surface area contributed by atoms with E-state index in [1.807, 2.05) is 0 Å². The van der Waals surface area contributed by atoms with Crippen molar-refractivity contribution in [3.05, 3.63) is 0 Å². The van der Waals surface area contributed by atoms with E-state index < -0.39 is 35.9 Å². The van der Waals surface area contributed by atoms with Crippen LogP contribution in [0.1, 0.15) is 297 Å². The van der Waals surface area contributed by atoms with Crippen LogP contribution in [0.5, 0.6) is 0 Å². The first-order valence-corrected chi connectivity index (χ1v) is 26.8. The van der Waals surface area contributed by atoms with E-state index in [0.29, 0.717) is 25.7 Å². The molecule has 3 N–H and O–H groups in total. The van der Waals surface area contributed by atoms with Crippen LogP contribution in [0.2, 0.25) is 0 Å². The Balaban J connectivity index is 5.46. The largest absolute Gasteiger partial charge is 0.393 e. The third-order valence-electron chi connectivity index (χ3n) is 13.8. The second kappa shape index (κ2) is 41.9. The fraction of sp³-hybridized carbons (Fsp3) is 0.944. The number of carbonyl (C=O) groups excluding carboxylic acids is 3. The lowest BCUT2D eigenvalue weighted by Gasteiger charge is -2.39. The summed E-state index contributed by atoms with van der Waals surface area (Å²) >= 11 is 0. The zero-order valence-electron chi connectivity index (χ0n) is 40.8. The molecule has 0 aromatic carbocycles. The minimum Gasteiger partial charge on any atom is -0.393 e. The molecule has 0 rings (SSSR count). The van der Waals surface area contributed by atoms with E-state index in [4.69, 9.17) is 0 Å². The van der Waals surface area contributed by atoms with E-state index in [-0.39, 0.29) is 24.4 Å². The van der Waals surface area contributed by atoms with Gasteiger partial charge >= 0.3 is 0 Å². The molecule has 0 saturated heterocycles. The quantitative estimate of drug-likeness (QED) is 0.0415. The number of aliphatic hydroxyl groups is 3. The molecule has 0 aromatic rings. The van der Waals surface area contributed by atoms with Crippen LogP contribution in [0.4, 0.5) is 0 Å². The van der Waals surface area contributed by atoms with Crippen LogP contribution in [0, 0.1) is 11.3 Å². The minimum absolute atomic E-state index is 0.178. The molecule has 1 unspecified atom stereocenters. The van der Waals surface area contributed by atoms with Crippen molar-refractivity contribution in [2.75, 3.05) is 13.2 Å². The Morgan fingerprint density at radius 3 is 0.817 bits per heavy atom. The topological polar surface area (TPSA) is 112 Å². The van der Waals surface area contributed by atoms with Gasteiger partial charge < -0.3 is 15.3 Å². The molecule has 0 spiro atoms. The van der Waals surface area contributed by atoms with Gasteiger partial charge in [-0.1, -0.05) is 265 Å². The number of aliphatic hydroxyl groups excluding tert-OH is 2. The predicted octanol–water partition coefficient (Wildman–Crippen LogP) is 15.5. The highest BCUT2D eigenvalue weighted by molar-refractivity contribution is 6.11. The fourth-order valence-corrected chi connectivity index (χ4v) is 9.44. The van der Waals surface area contributed by atoms with Gasteiger partial charge in [0.25, 0.3) is 0 Å². The second-order valence-corrected chi connectivity index (χ2v) is 19.2. The molecule has 0 bridgehead atoms. The number of hydrogen-bond acceptors (Lipinski definition) is 6. The molecule has 6 nitrogen and oxygen atoms in total. The van der Waals surface area contributed by atoms with E-state index in [1.54, 1.807) is 6.92 Å². The molecule has 0 aliphatic rings. The summed E-state index contributed by atoms with van der Waals surface area (Å²) in [4.78, 5) is 43.0. The molecule has 0 fully saturated rings. The molecule has 0 saturated carbocycles. The Labute approximate surface area is 373 Å². The van der Waals surface area contributed by atoms with Crippen molar-refractivity contribution in [2.45, 2.75) is 303 Å². The van der Waals surface area contributed by atoms with Crippen molar-refractivity contribution >= 4 is 17.3 Å².